The van der Waals surface area contributed by atoms with Gasteiger partial charge in [0.1, 0.15) is 0 Å². The fourth-order valence-corrected chi connectivity index (χ4v) is 13.6. The van der Waals surface area contributed by atoms with Crippen LogP contribution in [-0.4, -0.2) is 8.07 Å². The summed E-state index contributed by atoms with van der Waals surface area (Å²) in [5, 5.41) is 1.92. The van der Waals surface area contributed by atoms with Gasteiger partial charge in [0.2, 0.25) is 0 Å². The molecule has 138 valence electrons. The van der Waals surface area contributed by atoms with Crippen molar-refractivity contribution in [1.29, 1.82) is 0 Å². The van der Waals surface area contributed by atoms with Crippen molar-refractivity contribution in [1.82, 2.24) is 0 Å². The van der Waals surface area contributed by atoms with Crippen LogP contribution in [0.5, 0.6) is 0 Å². The van der Waals surface area contributed by atoms with Gasteiger partial charge in [-0.15, -0.1) is 0 Å². The summed E-state index contributed by atoms with van der Waals surface area (Å²) < 4.78 is 3.73. The molecule has 0 radical (unpaired) electrons. The largest absolute Gasteiger partial charge is 1.00 e. The molecule has 25 heavy (non-hydrogen) atoms. The molecule has 2 aliphatic carbocycles. The first-order valence-corrected chi connectivity index (χ1v) is 13.6. The molecule has 0 aromatic heterocycles. The van der Waals surface area contributed by atoms with Crippen LogP contribution >= 0.6 is 0 Å². The van der Waals surface area contributed by atoms with Crippen molar-refractivity contribution in [2.75, 3.05) is 0 Å². The van der Waals surface area contributed by atoms with Crippen molar-refractivity contribution in [2.24, 2.45) is 5.41 Å². The molecule has 0 aromatic rings. The molecule has 0 spiro atoms. The summed E-state index contributed by atoms with van der Waals surface area (Å²) >= 11 is -0.130. The number of rotatable bonds is 5. The Kier molecular flexibility index (Phi) is 8.14. The minimum absolute atomic E-state index is 0. The molecule has 0 nitrogen and oxygen atoms in total. The van der Waals surface area contributed by atoms with E-state index in [2.05, 4.69) is 53.7 Å². The van der Waals surface area contributed by atoms with Crippen molar-refractivity contribution < 1.29 is 44.0 Å². The molecule has 0 aromatic carbocycles. The molecule has 0 bridgehead atoms. The molecule has 1 aliphatic heterocycles. The summed E-state index contributed by atoms with van der Waals surface area (Å²) in [6.45, 7) is 14.4. The van der Waals surface area contributed by atoms with E-state index in [0.717, 1.165) is 0 Å². The summed E-state index contributed by atoms with van der Waals surface area (Å²) in [4.78, 5) is 0. The molecule has 4 heteroatoms. The van der Waals surface area contributed by atoms with E-state index >= 15 is 0 Å². The van der Waals surface area contributed by atoms with Crippen molar-refractivity contribution in [2.45, 2.75) is 78.9 Å². The first-order chi connectivity index (χ1) is 10.8. The van der Waals surface area contributed by atoms with Crippen LogP contribution in [-0.2, 0) is 19.2 Å². The van der Waals surface area contributed by atoms with Gasteiger partial charge in [0.15, 0.2) is 0 Å². The van der Waals surface area contributed by atoms with Crippen LogP contribution in [0.25, 0.3) is 0 Å². The summed E-state index contributed by atoms with van der Waals surface area (Å²) in [5.41, 5.74) is 5.14. The smallest absolute Gasteiger partial charge is 1.00 e. The van der Waals surface area contributed by atoms with Gasteiger partial charge in [-0.05, 0) is 0 Å². The zero-order chi connectivity index (χ0) is 16.8. The van der Waals surface area contributed by atoms with Gasteiger partial charge in [0.05, 0.1) is 0 Å². The van der Waals surface area contributed by atoms with Crippen LogP contribution < -0.4 is 24.8 Å². The monoisotopic (exact) mass is 430 g/mol. The maximum Gasteiger partial charge on any atom is -1.00 e. The second kappa shape index (κ2) is 8.65. The molecule has 0 N–H and O–H groups in total. The molecular formula is C21H32Cl2SiTi. The molecule has 0 atom stereocenters. The Morgan fingerprint density at radius 1 is 1.08 bits per heavy atom. The zero-order valence-corrected chi connectivity index (χ0v) is 20.7. The Bertz CT molecular complexity index is 649. The average molecular weight is 431 g/mol. The molecule has 1 fully saturated rings. The first-order valence-electron chi connectivity index (χ1n) is 9.40. The molecule has 1 saturated heterocycles. The number of allylic oxidation sites excluding steroid dienone is 8. The van der Waals surface area contributed by atoms with Gasteiger partial charge >= 0.3 is 153 Å². The molecule has 0 unspecified atom stereocenters. The normalized spacial score (nSPS) is 23.3. The Morgan fingerprint density at radius 3 is 2.16 bits per heavy atom. The molecule has 1 heterocycles. The molecular weight excluding hydrogens is 399 g/mol. The van der Waals surface area contributed by atoms with Crippen LogP contribution in [0, 0.1) is 5.41 Å². The van der Waals surface area contributed by atoms with E-state index in [0.29, 0.717) is 5.41 Å². The van der Waals surface area contributed by atoms with Gasteiger partial charge in [0.25, 0.3) is 0 Å². The summed E-state index contributed by atoms with van der Waals surface area (Å²) in [6.07, 6.45) is 9.24. The van der Waals surface area contributed by atoms with Gasteiger partial charge in [0, 0.05) is 0 Å². The molecule has 0 saturated carbocycles. The minimum atomic E-state index is -1.06. The summed E-state index contributed by atoms with van der Waals surface area (Å²) in [6, 6.07) is 4.70. The number of hydrogen-bond donors (Lipinski definition) is 0. The van der Waals surface area contributed by atoms with Gasteiger partial charge < -0.3 is 24.8 Å². The van der Waals surface area contributed by atoms with Gasteiger partial charge in [-0.25, -0.2) is 0 Å². The topological polar surface area (TPSA) is 0 Å². The van der Waals surface area contributed by atoms with Gasteiger partial charge in [-0.3, -0.25) is 0 Å². The van der Waals surface area contributed by atoms with E-state index in [1.165, 1.54) is 19.3 Å². The van der Waals surface area contributed by atoms with E-state index in [1.807, 2.05) is 13.0 Å². The number of halogens is 2. The van der Waals surface area contributed by atoms with E-state index < -0.39 is 8.07 Å². The SMILES string of the molecule is CCC[Si]1(C2=[C]([Ti+2][C]3=C(C)C(C)=C(C)C3(C)C)CC=C2)CCC1.[Cl-].[Cl-]. The van der Waals surface area contributed by atoms with Crippen molar-refractivity contribution >= 4 is 8.07 Å². The molecule has 3 aliphatic rings. The Labute approximate surface area is 177 Å². The van der Waals surface area contributed by atoms with Crippen LogP contribution in [0.1, 0.15) is 60.8 Å². The first kappa shape index (κ1) is 23.5. The minimum Gasteiger partial charge on any atom is -1.00 e. The average Bonchev–Trinajstić information content (AvgIpc) is 2.98. The Balaban J connectivity index is 0.00000156. The van der Waals surface area contributed by atoms with E-state index in [-0.39, 0.29) is 44.0 Å². The van der Waals surface area contributed by atoms with Crippen LogP contribution in [0.15, 0.2) is 41.8 Å². The maximum atomic E-state index is 2.57. The molecule has 0 amide bonds. The van der Waals surface area contributed by atoms with Crippen molar-refractivity contribution in [3.63, 3.8) is 0 Å². The van der Waals surface area contributed by atoms with E-state index in [4.69, 9.17) is 0 Å². The Morgan fingerprint density at radius 2 is 1.72 bits per heavy atom. The predicted octanol–water partition coefficient (Wildman–Crippen LogP) is 0.743. The van der Waals surface area contributed by atoms with Crippen molar-refractivity contribution in [3.8, 4) is 0 Å². The Hall–Kier alpha value is 0.471. The van der Waals surface area contributed by atoms with Gasteiger partial charge in [-0.2, -0.15) is 0 Å². The second-order valence-electron chi connectivity index (χ2n) is 8.38. The van der Waals surface area contributed by atoms with Crippen LogP contribution in [0.4, 0.5) is 0 Å². The molecule has 3 rings (SSSR count). The summed E-state index contributed by atoms with van der Waals surface area (Å²) in [7, 11) is -1.06. The standard InChI is InChI=1S/C11H17Si.C10H15.2ClH.Ti/c1-2-8-12(9-5-10-12)11-6-3-4-7-11;1-7-6-10(4,5)9(3)8(7)2;;;/h3,6H,2,4-5,8-10H2,1H3;1-5H3;2*1H;/q;;;;+2/p-2. The second-order valence-corrected chi connectivity index (χ2v) is 15.1. The predicted molar refractivity (Wildman–Crippen MR) is 101 cm³/mol. The third-order valence-electron chi connectivity index (χ3n) is 6.88. The summed E-state index contributed by atoms with van der Waals surface area (Å²) in [5.74, 6) is 0. The van der Waals surface area contributed by atoms with E-state index in [1.54, 1.807) is 34.9 Å². The third kappa shape index (κ3) is 3.87. The third-order valence-corrected chi connectivity index (χ3v) is 16.1. The fraction of sp³-hybridized carbons (Fsp3) is 0.619. The zero-order valence-electron chi connectivity index (χ0n) is 16.7. The van der Waals surface area contributed by atoms with Crippen LogP contribution in [0.2, 0.25) is 18.1 Å². The number of hydrogen-bond acceptors (Lipinski definition) is 0. The fourth-order valence-electron chi connectivity index (χ4n) is 4.85. The maximum absolute atomic E-state index is 2.57. The van der Waals surface area contributed by atoms with Crippen LogP contribution in [0.3, 0.4) is 0 Å². The van der Waals surface area contributed by atoms with E-state index in [9.17, 15) is 0 Å². The van der Waals surface area contributed by atoms with Crippen molar-refractivity contribution in [3.05, 3.63) is 41.8 Å². The van der Waals surface area contributed by atoms with Gasteiger partial charge in [-0.1, -0.05) is 0 Å². The quantitative estimate of drug-likeness (QED) is 0.564.